The molecule has 0 saturated heterocycles. The van der Waals surface area contributed by atoms with Crippen LogP contribution in [-0.4, -0.2) is 5.91 Å². The quantitative estimate of drug-likeness (QED) is 0.931. The number of carbonyl (C=O) groups is 1. The molecule has 0 spiro atoms. The summed E-state index contributed by atoms with van der Waals surface area (Å²) in [4.78, 5) is 11.9. The van der Waals surface area contributed by atoms with Gasteiger partial charge in [-0.15, -0.1) is 0 Å². The van der Waals surface area contributed by atoms with E-state index in [4.69, 9.17) is 4.42 Å². The zero-order valence-electron chi connectivity index (χ0n) is 9.67. The molecule has 1 N–H and O–H groups in total. The van der Waals surface area contributed by atoms with Gasteiger partial charge >= 0.3 is 0 Å². The van der Waals surface area contributed by atoms with Crippen LogP contribution in [-0.2, 0) is 6.42 Å². The molecule has 0 atom stereocenters. The predicted octanol–water partition coefficient (Wildman–Crippen LogP) is 4.00. The van der Waals surface area contributed by atoms with E-state index in [1.807, 2.05) is 6.92 Å². The molecule has 2 rings (SSSR count). The van der Waals surface area contributed by atoms with Crippen molar-refractivity contribution in [2.45, 2.75) is 13.3 Å². The Labute approximate surface area is 112 Å². The fourth-order valence-electron chi connectivity index (χ4n) is 1.47. The molecule has 0 aliphatic rings. The summed E-state index contributed by atoms with van der Waals surface area (Å²) in [6, 6.07) is 7.43. The maximum atomic E-state index is 13.1. The van der Waals surface area contributed by atoms with Gasteiger partial charge in [-0.2, -0.15) is 0 Å². The minimum atomic E-state index is -0.415. The molecule has 0 unspecified atom stereocenters. The SMILES string of the molecule is CCc1ccc(C(=O)Nc2cc(F)ccc2Br)o1. The first-order chi connectivity index (χ1) is 8.60. The molecule has 0 fully saturated rings. The molecule has 0 radical (unpaired) electrons. The van der Waals surface area contributed by atoms with E-state index in [0.29, 0.717) is 10.2 Å². The Morgan fingerprint density at radius 3 is 2.83 bits per heavy atom. The molecular weight excluding hydrogens is 301 g/mol. The molecular formula is C13H11BrFNO2. The Morgan fingerprint density at radius 2 is 2.17 bits per heavy atom. The van der Waals surface area contributed by atoms with Crippen LogP contribution < -0.4 is 5.32 Å². The van der Waals surface area contributed by atoms with Crippen molar-refractivity contribution in [2.75, 3.05) is 5.32 Å². The minimum Gasteiger partial charge on any atom is -0.456 e. The Hall–Kier alpha value is -1.62. The number of amides is 1. The van der Waals surface area contributed by atoms with E-state index in [2.05, 4.69) is 21.2 Å². The molecule has 0 saturated carbocycles. The van der Waals surface area contributed by atoms with Crippen molar-refractivity contribution < 1.29 is 13.6 Å². The number of nitrogens with one attached hydrogen (secondary N) is 1. The van der Waals surface area contributed by atoms with Crippen LogP contribution in [0.5, 0.6) is 0 Å². The highest BCUT2D eigenvalue weighted by Crippen LogP contribution is 2.23. The van der Waals surface area contributed by atoms with Crippen molar-refractivity contribution in [1.82, 2.24) is 0 Å². The Bertz CT molecular complexity index is 580. The van der Waals surface area contributed by atoms with Gasteiger partial charge in [0.15, 0.2) is 5.76 Å². The van der Waals surface area contributed by atoms with Crippen LogP contribution in [0.2, 0.25) is 0 Å². The largest absolute Gasteiger partial charge is 0.456 e. The predicted molar refractivity (Wildman–Crippen MR) is 70.1 cm³/mol. The summed E-state index contributed by atoms with van der Waals surface area (Å²) in [6.45, 7) is 1.93. The van der Waals surface area contributed by atoms with Crippen LogP contribution in [0.4, 0.5) is 10.1 Å². The molecule has 1 aromatic heterocycles. The molecule has 5 heteroatoms. The number of carbonyl (C=O) groups excluding carboxylic acids is 1. The number of rotatable bonds is 3. The van der Waals surface area contributed by atoms with Gasteiger partial charge < -0.3 is 9.73 Å². The van der Waals surface area contributed by atoms with Gasteiger partial charge in [0.05, 0.1) is 5.69 Å². The molecule has 0 aliphatic heterocycles. The van der Waals surface area contributed by atoms with E-state index in [1.54, 1.807) is 12.1 Å². The van der Waals surface area contributed by atoms with E-state index in [1.165, 1.54) is 18.2 Å². The summed E-state index contributed by atoms with van der Waals surface area (Å²) in [5.41, 5.74) is 0.370. The fraction of sp³-hybridized carbons (Fsp3) is 0.154. The third-order valence-corrected chi connectivity index (χ3v) is 3.10. The monoisotopic (exact) mass is 311 g/mol. The molecule has 3 nitrogen and oxygen atoms in total. The van der Waals surface area contributed by atoms with Crippen molar-refractivity contribution in [3.8, 4) is 0 Å². The Morgan fingerprint density at radius 1 is 1.39 bits per heavy atom. The van der Waals surface area contributed by atoms with E-state index < -0.39 is 11.7 Å². The van der Waals surface area contributed by atoms with Crippen LogP contribution in [0.3, 0.4) is 0 Å². The summed E-state index contributed by atoms with van der Waals surface area (Å²) in [5, 5.41) is 2.59. The smallest absolute Gasteiger partial charge is 0.291 e. The zero-order chi connectivity index (χ0) is 13.1. The standard InChI is InChI=1S/C13H11BrFNO2/c1-2-9-4-6-12(18-9)13(17)16-11-7-8(15)3-5-10(11)14/h3-7H,2H2,1H3,(H,16,17). The summed E-state index contributed by atoms with van der Waals surface area (Å²) >= 11 is 3.24. The molecule has 18 heavy (non-hydrogen) atoms. The van der Waals surface area contributed by atoms with E-state index >= 15 is 0 Å². The van der Waals surface area contributed by atoms with Crippen molar-refractivity contribution in [1.29, 1.82) is 0 Å². The van der Waals surface area contributed by atoms with Crippen LogP contribution >= 0.6 is 15.9 Å². The van der Waals surface area contributed by atoms with Gasteiger partial charge in [-0.25, -0.2) is 4.39 Å². The van der Waals surface area contributed by atoms with Crippen molar-refractivity contribution in [3.63, 3.8) is 0 Å². The second-order valence-electron chi connectivity index (χ2n) is 3.70. The lowest BCUT2D eigenvalue weighted by atomic mass is 10.3. The second kappa shape index (κ2) is 5.35. The fourth-order valence-corrected chi connectivity index (χ4v) is 1.81. The Balaban J connectivity index is 2.18. The maximum absolute atomic E-state index is 13.1. The number of hydrogen-bond acceptors (Lipinski definition) is 2. The summed E-state index contributed by atoms with van der Waals surface area (Å²) < 4.78 is 19.0. The van der Waals surface area contributed by atoms with Crippen LogP contribution in [0.25, 0.3) is 0 Å². The number of hydrogen-bond donors (Lipinski definition) is 1. The van der Waals surface area contributed by atoms with Gasteiger partial charge in [0, 0.05) is 10.9 Å². The van der Waals surface area contributed by atoms with Crippen molar-refractivity contribution >= 4 is 27.5 Å². The minimum absolute atomic E-state index is 0.211. The van der Waals surface area contributed by atoms with E-state index in [0.717, 1.165) is 12.2 Å². The van der Waals surface area contributed by atoms with Gasteiger partial charge in [-0.3, -0.25) is 4.79 Å². The first-order valence-corrected chi connectivity index (χ1v) is 6.24. The van der Waals surface area contributed by atoms with Crippen LogP contribution in [0.1, 0.15) is 23.2 Å². The number of anilines is 1. The summed E-state index contributed by atoms with van der Waals surface area (Å²) in [6.07, 6.45) is 0.719. The number of halogens is 2. The lowest BCUT2D eigenvalue weighted by Gasteiger charge is -2.05. The Kier molecular flexibility index (Phi) is 3.81. The molecule has 1 aromatic carbocycles. The van der Waals surface area contributed by atoms with Gasteiger partial charge in [0.2, 0.25) is 0 Å². The van der Waals surface area contributed by atoms with E-state index in [9.17, 15) is 9.18 Å². The van der Waals surface area contributed by atoms with Gasteiger partial charge in [0.1, 0.15) is 11.6 Å². The first kappa shape index (κ1) is 12.8. The number of benzene rings is 1. The molecule has 1 heterocycles. The molecule has 94 valence electrons. The lowest BCUT2D eigenvalue weighted by Crippen LogP contribution is -2.11. The third kappa shape index (κ3) is 2.79. The van der Waals surface area contributed by atoms with Crippen molar-refractivity contribution in [3.05, 3.63) is 52.1 Å². The third-order valence-electron chi connectivity index (χ3n) is 2.41. The normalized spacial score (nSPS) is 10.4. The van der Waals surface area contributed by atoms with Crippen LogP contribution in [0.15, 0.2) is 39.2 Å². The first-order valence-electron chi connectivity index (χ1n) is 5.45. The summed E-state index contributed by atoms with van der Waals surface area (Å²) in [7, 11) is 0. The molecule has 0 aliphatic carbocycles. The average Bonchev–Trinajstić information content (AvgIpc) is 2.82. The number of furan rings is 1. The van der Waals surface area contributed by atoms with Gasteiger partial charge in [-0.05, 0) is 46.3 Å². The maximum Gasteiger partial charge on any atom is 0.291 e. The topological polar surface area (TPSA) is 42.2 Å². The molecule has 2 aromatic rings. The van der Waals surface area contributed by atoms with Gasteiger partial charge in [0.25, 0.3) is 5.91 Å². The summed E-state index contributed by atoms with van der Waals surface area (Å²) in [5.74, 6) is 0.129. The lowest BCUT2D eigenvalue weighted by molar-refractivity contribution is 0.0995. The highest BCUT2D eigenvalue weighted by Gasteiger charge is 2.12. The van der Waals surface area contributed by atoms with Crippen molar-refractivity contribution in [2.24, 2.45) is 0 Å². The molecule has 0 bridgehead atoms. The highest BCUT2D eigenvalue weighted by atomic mass is 79.9. The zero-order valence-corrected chi connectivity index (χ0v) is 11.3. The van der Waals surface area contributed by atoms with Gasteiger partial charge in [-0.1, -0.05) is 6.92 Å². The average molecular weight is 312 g/mol. The van der Waals surface area contributed by atoms with E-state index in [-0.39, 0.29) is 5.76 Å². The van der Waals surface area contributed by atoms with Crippen LogP contribution in [0, 0.1) is 5.82 Å². The number of aryl methyl sites for hydroxylation is 1. The highest BCUT2D eigenvalue weighted by molar-refractivity contribution is 9.10. The second-order valence-corrected chi connectivity index (χ2v) is 4.55. The molecule has 1 amide bonds.